The van der Waals surface area contributed by atoms with Crippen LogP contribution in [0, 0.1) is 0 Å². The Balaban J connectivity index is 1.79. The summed E-state index contributed by atoms with van der Waals surface area (Å²) in [5, 5.41) is 2.76. The van der Waals surface area contributed by atoms with E-state index in [-0.39, 0.29) is 32.2 Å². The highest BCUT2D eigenvalue weighted by Gasteiger charge is 2.34. The Morgan fingerprint density at radius 1 is 1.19 bits per heavy atom. The van der Waals surface area contributed by atoms with Crippen LogP contribution in [0.3, 0.4) is 0 Å². The Bertz CT molecular complexity index is 662. The van der Waals surface area contributed by atoms with Crippen molar-refractivity contribution in [2.75, 3.05) is 33.3 Å². The molecule has 0 aromatic heterocycles. The second-order valence-electron chi connectivity index (χ2n) is 5.79. The Morgan fingerprint density at radius 2 is 1.81 bits per heavy atom. The Kier molecular flexibility index (Phi) is 6.74. The number of halogens is 4. The molecule has 26 heavy (non-hydrogen) atoms. The van der Waals surface area contributed by atoms with E-state index in [1.165, 1.54) is 4.90 Å². The molecule has 0 saturated carbocycles. The molecule has 0 unspecified atom stereocenters. The fraction of sp³-hybridized carbons (Fsp3) is 0.500. The molecule has 1 saturated heterocycles. The summed E-state index contributed by atoms with van der Waals surface area (Å²) < 4.78 is 42.7. The largest absolute Gasteiger partial charge is 0.496 e. The molecule has 1 aliphatic rings. The number of amides is 3. The number of nitrogens with zero attached hydrogens (tertiary/aromatic N) is 2. The maximum absolute atomic E-state index is 12.3. The summed E-state index contributed by atoms with van der Waals surface area (Å²) in [4.78, 5) is 26.4. The number of rotatable bonds is 4. The maximum Gasteiger partial charge on any atom is 0.397 e. The van der Waals surface area contributed by atoms with Gasteiger partial charge in [0.1, 0.15) is 12.2 Å². The molecule has 1 aliphatic heterocycles. The normalized spacial score (nSPS) is 15.0. The van der Waals surface area contributed by atoms with E-state index in [4.69, 9.17) is 4.74 Å². The number of hydrogen-bond donors (Lipinski definition) is 1. The van der Waals surface area contributed by atoms with Crippen molar-refractivity contribution in [2.45, 2.75) is 19.1 Å². The van der Waals surface area contributed by atoms with Crippen molar-refractivity contribution in [3.8, 4) is 5.75 Å². The predicted octanol–water partition coefficient (Wildman–Crippen LogP) is 2.76. The number of piperazine rings is 1. The third-order valence-corrected chi connectivity index (χ3v) is 4.55. The minimum absolute atomic E-state index is 0.0937. The number of hydrogen-bond acceptors (Lipinski definition) is 3. The molecular formula is C16H19BrF3N3O3. The van der Waals surface area contributed by atoms with Crippen LogP contribution in [0.1, 0.15) is 12.0 Å². The van der Waals surface area contributed by atoms with Gasteiger partial charge in [0.05, 0.1) is 11.6 Å². The van der Waals surface area contributed by atoms with E-state index in [0.29, 0.717) is 12.3 Å². The number of methoxy groups -OCH3 is 1. The van der Waals surface area contributed by atoms with Crippen LogP contribution in [-0.4, -0.2) is 61.2 Å². The van der Waals surface area contributed by atoms with E-state index in [9.17, 15) is 22.8 Å². The van der Waals surface area contributed by atoms with Gasteiger partial charge in [-0.05, 0) is 33.6 Å². The number of benzene rings is 1. The third-order valence-electron chi connectivity index (χ3n) is 3.93. The maximum atomic E-state index is 12.3. The van der Waals surface area contributed by atoms with E-state index in [1.807, 2.05) is 12.1 Å². The summed E-state index contributed by atoms with van der Waals surface area (Å²) in [6.45, 7) is 0.880. The predicted molar refractivity (Wildman–Crippen MR) is 91.8 cm³/mol. The molecule has 0 bridgehead atoms. The van der Waals surface area contributed by atoms with Gasteiger partial charge >= 0.3 is 12.2 Å². The molecule has 1 N–H and O–H groups in total. The molecule has 1 heterocycles. The monoisotopic (exact) mass is 437 g/mol. The second kappa shape index (κ2) is 8.61. The van der Waals surface area contributed by atoms with Crippen LogP contribution >= 0.6 is 15.9 Å². The molecule has 1 aromatic rings. The molecule has 1 fully saturated rings. The van der Waals surface area contributed by atoms with Crippen LogP contribution in [0.5, 0.6) is 5.75 Å². The van der Waals surface area contributed by atoms with Crippen LogP contribution in [0.2, 0.25) is 0 Å². The van der Waals surface area contributed by atoms with Gasteiger partial charge in [0.25, 0.3) is 0 Å². The molecule has 2 rings (SSSR count). The van der Waals surface area contributed by atoms with Gasteiger partial charge in [0, 0.05) is 32.7 Å². The average molecular weight is 438 g/mol. The van der Waals surface area contributed by atoms with Crippen molar-refractivity contribution in [2.24, 2.45) is 0 Å². The Morgan fingerprint density at radius 3 is 2.35 bits per heavy atom. The smallest absolute Gasteiger partial charge is 0.397 e. The summed E-state index contributed by atoms with van der Waals surface area (Å²) in [6, 6.07) is 5.10. The zero-order valence-corrected chi connectivity index (χ0v) is 15.7. The molecular weight excluding hydrogens is 419 g/mol. The number of carbonyl (C=O) groups excluding carboxylic acids is 2. The fourth-order valence-electron chi connectivity index (χ4n) is 2.55. The zero-order valence-electron chi connectivity index (χ0n) is 14.1. The van der Waals surface area contributed by atoms with Crippen LogP contribution < -0.4 is 10.1 Å². The average Bonchev–Trinajstić information content (AvgIpc) is 2.58. The summed E-state index contributed by atoms with van der Waals surface area (Å²) in [5.74, 6) is -0.277. The van der Waals surface area contributed by atoms with E-state index in [0.717, 1.165) is 14.9 Å². The number of carbonyl (C=O) groups is 2. The van der Waals surface area contributed by atoms with Gasteiger partial charge in [-0.3, -0.25) is 4.79 Å². The summed E-state index contributed by atoms with van der Waals surface area (Å²) in [5.41, 5.74) is 0.866. The number of urea groups is 1. The summed E-state index contributed by atoms with van der Waals surface area (Å²) in [7, 11) is 1.56. The summed E-state index contributed by atoms with van der Waals surface area (Å²) in [6.07, 6.45) is -5.98. The lowest BCUT2D eigenvalue weighted by Gasteiger charge is -2.34. The standard InChI is InChI=1S/C16H19BrF3N3O3/c1-26-13-3-2-11(8-12(13)17)10-21-15(25)23-6-4-22(5-7-23)14(24)9-16(18,19)20/h2-3,8H,4-7,9-10H2,1H3,(H,21,25). The first-order valence-electron chi connectivity index (χ1n) is 7.89. The van der Waals surface area contributed by atoms with Crippen molar-refractivity contribution >= 4 is 27.9 Å². The highest BCUT2D eigenvalue weighted by molar-refractivity contribution is 9.10. The first-order valence-corrected chi connectivity index (χ1v) is 8.68. The molecule has 0 atom stereocenters. The quantitative estimate of drug-likeness (QED) is 0.787. The van der Waals surface area contributed by atoms with Gasteiger partial charge in [-0.25, -0.2) is 4.79 Å². The molecule has 10 heteroatoms. The minimum atomic E-state index is -4.52. The first kappa shape index (κ1) is 20.3. The van der Waals surface area contributed by atoms with E-state index >= 15 is 0 Å². The molecule has 0 radical (unpaired) electrons. The third kappa shape index (κ3) is 5.79. The number of alkyl halides is 3. The van der Waals surface area contributed by atoms with E-state index in [1.54, 1.807) is 13.2 Å². The Labute approximate surface area is 157 Å². The van der Waals surface area contributed by atoms with Crippen LogP contribution in [0.25, 0.3) is 0 Å². The van der Waals surface area contributed by atoms with Crippen molar-refractivity contribution in [3.63, 3.8) is 0 Å². The lowest BCUT2D eigenvalue weighted by atomic mass is 10.2. The topological polar surface area (TPSA) is 61.9 Å². The van der Waals surface area contributed by atoms with Crippen LogP contribution in [0.4, 0.5) is 18.0 Å². The lowest BCUT2D eigenvalue weighted by molar-refractivity contribution is -0.162. The highest BCUT2D eigenvalue weighted by Crippen LogP contribution is 2.25. The van der Waals surface area contributed by atoms with Gasteiger partial charge in [-0.1, -0.05) is 6.07 Å². The molecule has 0 aliphatic carbocycles. The van der Waals surface area contributed by atoms with Gasteiger partial charge in [0.15, 0.2) is 0 Å². The Hall–Kier alpha value is -1.97. The molecule has 3 amide bonds. The molecule has 1 aromatic carbocycles. The molecule has 144 valence electrons. The van der Waals surface area contributed by atoms with E-state index < -0.39 is 18.5 Å². The van der Waals surface area contributed by atoms with Crippen molar-refractivity contribution in [1.82, 2.24) is 15.1 Å². The van der Waals surface area contributed by atoms with E-state index in [2.05, 4.69) is 21.2 Å². The SMILES string of the molecule is COc1ccc(CNC(=O)N2CCN(C(=O)CC(F)(F)F)CC2)cc1Br. The molecule has 0 spiro atoms. The zero-order chi connectivity index (χ0) is 19.3. The van der Waals surface area contributed by atoms with Crippen molar-refractivity contribution < 1.29 is 27.5 Å². The fourth-order valence-corrected chi connectivity index (χ4v) is 3.14. The van der Waals surface area contributed by atoms with Gasteiger partial charge in [-0.2, -0.15) is 13.2 Å². The van der Waals surface area contributed by atoms with Crippen LogP contribution in [-0.2, 0) is 11.3 Å². The first-order chi connectivity index (χ1) is 12.2. The van der Waals surface area contributed by atoms with Crippen LogP contribution in [0.15, 0.2) is 22.7 Å². The number of nitrogens with one attached hydrogen (secondary N) is 1. The van der Waals surface area contributed by atoms with Gasteiger partial charge in [-0.15, -0.1) is 0 Å². The highest BCUT2D eigenvalue weighted by atomic mass is 79.9. The lowest BCUT2D eigenvalue weighted by Crippen LogP contribution is -2.53. The minimum Gasteiger partial charge on any atom is -0.496 e. The van der Waals surface area contributed by atoms with Crippen molar-refractivity contribution in [3.05, 3.63) is 28.2 Å². The molecule has 6 nitrogen and oxygen atoms in total. The summed E-state index contributed by atoms with van der Waals surface area (Å²) >= 11 is 3.37. The van der Waals surface area contributed by atoms with Gasteiger partial charge < -0.3 is 19.9 Å². The second-order valence-corrected chi connectivity index (χ2v) is 6.64. The number of ether oxygens (including phenoxy) is 1. The van der Waals surface area contributed by atoms with Crippen molar-refractivity contribution in [1.29, 1.82) is 0 Å². The van der Waals surface area contributed by atoms with Gasteiger partial charge in [0.2, 0.25) is 5.91 Å².